The van der Waals surface area contributed by atoms with E-state index in [1.54, 1.807) is 13.3 Å². The fraction of sp³-hybridized carbons (Fsp3) is 0.267. The lowest BCUT2D eigenvalue weighted by molar-refractivity contribution is 0.409. The molecule has 1 heterocycles. The van der Waals surface area contributed by atoms with Crippen LogP contribution >= 0.6 is 11.6 Å². The van der Waals surface area contributed by atoms with Crippen LogP contribution in [0, 0.1) is 6.92 Å². The number of hydrogen-bond donors (Lipinski definition) is 0. The topological polar surface area (TPSA) is 22.1 Å². The molecule has 0 saturated heterocycles. The summed E-state index contributed by atoms with van der Waals surface area (Å²) in [5, 5.41) is -0.130. The lowest BCUT2D eigenvalue weighted by atomic mass is 10.0. The van der Waals surface area contributed by atoms with E-state index in [4.69, 9.17) is 16.3 Å². The van der Waals surface area contributed by atoms with Gasteiger partial charge in [0.2, 0.25) is 0 Å². The third-order valence-electron chi connectivity index (χ3n) is 2.84. The molecule has 3 heteroatoms. The van der Waals surface area contributed by atoms with E-state index in [0.717, 1.165) is 17.0 Å². The third-order valence-corrected chi connectivity index (χ3v) is 3.23. The van der Waals surface area contributed by atoms with Crippen molar-refractivity contribution in [3.63, 3.8) is 0 Å². The average molecular weight is 262 g/mol. The van der Waals surface area contributed by atoms with Crippen LogP contribution < -0.4 is 4.74 Å². The van der Waals surface area contributed by atoms with Crippen LogP contribution in [0.3, 0.4) is 0 Å². The molecule has 0 saturated carbocycles. The lowest BCUT2D eigenvalue weighted by Crippen LogP contribution is -2.01. The normalized spacial score (nSPS) is 12.2. The zero-order valence-electron chi connectivity index (χ0n) is 10.6. The summed E-state index contributed by atoms with van der Waals surface area (Å²) in [7, 11) is 1.67. The van der Waals surface area contributed by atoms with Gasteiger partial charge in [0.15, 0.2) is 0 Å². The molecule has 1 unspecified atom stereocenters. The Labute approximate surface area is 113 Å². The fourth-order valence-corrected chi connectivity index (χ4v) is 2.24. The van der Waals surface area contributed by atoms with Crippen molar-refractivity contribution < 1.29 is 4.74 Å². The minimum absolute atomic E-state index is 0.130. The number of rotatable bonds is 4. The molecule has 1 aromatic carbocycles. The molecule has 2 nitrogen and oxygen atoms in total. The van der Waals surface area contributed by atoms with Crippen molar-refractivity contribution in [2.75, 3.05) is 7.11 Å². The van der Waals surface area contributed by atoms with Crippen LogP contribution in [0.2, 0.25) is 0 Å². The second-order valence-electron chi connectivity index (χ2n) is 4.24. The van der Waals surface area contributed by atoms with Crippen molar-refractivity contribution in [1.82, 2.24) is 4.98 Å². The summed E-state index contributed by atoms with van der Waals surface area (Å²) < 4.78 is 5.35. The summed E-state index contributed by atoms with van der Waals surface area (Å²) in [5.74, 6) is 0.830. The number of benzene rings is 1. The SMILES string of the molecule is COc1ccc(C)cc1C(Cl)Cc1ccccn1. The molecule has 0 fully saturated rings. The maximum Gasteiger partial charge on any atom is 0.123 e. The summed E-state index contributed by atoms with van der Waals surface area (Å²) in [6.07, 6.45) is 2.48. The molecule has 18 heavy (non-hydrogen) atoms. The molecule has 0 bridgehead atoms. The predicted octanol–water partition coefficient (Wildman–Crippen LogP) is 3.92. The van der Waals surface area contributed by atoms with E-state index in [1.807, 2.05) is 37.3 Å². The van der Waals surface area contributed by atoms with Crippen LogP contribution in [0.1, 0.15) is 22.2 Å². The molecule has 0 aliphatic carbocycles. The van der Waals surface area contributed by atoms with Crippen molar-refractivity contribution >= 4 is 11.6 Å². The van der Waals surface area contributed by atoms with Gasteiger partial charge in [-0.05, 0) is 25.1 Å². The minimum atomic E-state index is -0.130. The van der Waals surface area contributed by atoms with Gasteiger partial charge in [-0.15, -0.1) is 11.6 Å². The summed E-state index contributed by atoms with van der Waals surface area (Å²) in [4.78, 5) is 4.30. The Morgan fingerprint density at radius 1 is 1.28 bits per heavy atom. The summed E-state index contributed by atoms with van der Waals surface area (Å²) in [6, 6.07) is 11.9. The summed E-state index contributed by atoms with van der Waals surface area (Å²) >= 11 is 6.48. The highest BCUT2D eigenvalue weighted by Gasteiger charge is 2.14. The molecule has 1 aromatic heterocycles. The van der Waals surface area contributed by atoms with E-state index >= 15 is 0 Å². The Morgan fingerprint density at radius 2 is 2.11 bits per heavy atom. The predicted molar refractivity (Wildman–Crippen MR) is 74.3 cm³/mol. The number of hydrogen-bond acceptors (Lipinski definition) is 2. The highest BCUT2D eigenvalue weighted by atomic mass is 35.5. The van der Waals surface area contributed by atoms with Crippen LogP contribution in [-0.4, -0.2) is 12.1 Å². The molecule has 0 N–H and O–H groups in total. The number of pyridine rings is 1. The Morgan fingerprint density at radius 3 is 2.78 bits per heavy atom. The highest BCUT2D eigenvalue weighted by Crippen LogP contribution is 2.32. The molecule has 0 aliphatic heterocycles. The van der Waals surface area contributed by atoms with Crippen LogP contribution in [-0.2, 0) is 6.42 Å². The fourth-order valence-electron chi connectivity index (χ4n) is 1.91. The first-order chi connectivity index (χ1) is 8.70. The molecule has 1 atom stereocenters. The van der Waals surface area contributed by atoms with Gasteiger partial charge in [-0.25, -0.2) is 0 Å². The molecular formula is C15H16ClNO. The lowest BCUT2D eigenvalue weighted by Gasteiger charge is -2.14. The van der Waals surface area contributed by atoms with Gasteiger partial charge >= 0.3 is 0 Å². The van der Waals surface area contributed by atoms with Gasteiger partial charge in [0, 0.05) is 23.9 Å². The molecule has 0 spiro atoms. The van der Waals surface area contributed by atoms with E-state index in [2.05, 4.69) is 11.1 Å². The van der Waals surface area contributed by atoms with Crippen LogP contribution in [0.4, 0.5) is 0 Å². The average Bonchev–Trinajstić information content (AvgIpc) is 2.40. The van der Waals surface area contributed by atoms with Gasteiger partial charge in [0.1, 0.15) is 5.75 Å². The molecule has 2 aromatic rings. The Kier molecular flexibility index (Phi) is 4.21. The van der Waals surface area contributed by atoms with E-state index in [0.29, 0.717) is 6.42 Å². The van der Waals surface area contributed by atoms with Gasteiger partial charge in [0.05, 0.1) is 12.5 Å². The van der Waals surface area contributed by atoms with Crippen LogP contribution in [0.15, 0.2) is 42.6 Å². The van der Waals surface area contributed by atoms with Gasteiger partial charge < -0.3 is 4.74 Å². The molecule has 94 valence electrons. The molecular weight excluding hydrogens is 246 g/mol. The minimum Gasteiger partial charge on any atom is -0.496 e. The van der Waals surface area contributed by atoms with Gasteiger partial charge in [-0.1, -0.05) is 23.8 Å². The van der Waals surface area contributed by atoms with Crippen molar-refractivity contribution in [3.8, 4) is 5.75 Å². The molecule has 0 radical (unpaired) electrons. The Hall–Kier alpha value is -1.54. The molecule has 0 amide bonds. The van der Waals surface area contributed by atoms with E-state index in [-0.39, 0.29) is 5.38 Å². The third kappa shape index (κ3) is 3.02. The number of halogens is 1. The number of ether oxygens (including phenoxy) is 1. The first kappa shape index (κ1) is 12.9. The highest BCUT2D eigenvalue weighted by molar-refractivity contribution is 6.21. The second kappa shape index (κ2) is 5.87. The number of aryl methyl sites for hydroxylation is 1. The number of nitrogens with zero attached hydrogens (tertiary/aromatic N) is 1. The zero-order valence-corrected chi connectivity index (χ0v) is 11.3. The van der Waals surface area contributed by atoms with Crippen LogP contribution in [0.25, 0.3) is 0 Å². The first-order valence-electron chi connectivity index (χ1n) is 5.89. The van der Waals surface area contributed by atoms with Crippen molar-refractivity contribution in [1.29, 1.82) is 0 Å². The van der Waals surface area contributed by atoms with Crippen LogP contribution in [0.5, 0.6) is 5.75 Å². The Bertz CT molecular complexity index is 513. The molecule has 2 rings (SSSR count). The van der Waals surface area contributed by atoms with Crippen molar-refractivity contribution in [2.24, 2.45) is 0 Å². The van der Waals surface area contributed by atoms with E-state index in [1.165, 1.54) is 5.56 Å². The van der Waals surface area contributed by atoms with E-state index < -0.39 is 0 Å². The number of methoxy groups -OCH3 is 1. The maximum absolute atomic E-state index is 6.48. The Balaban J connectivity index is 2.23. The van der Waals surface area contributed by atoms with Gasteiger partial charge in [0.25, 0.3) is 0 Å². The zero-order chi connectivity index (χ0) is 13.0. The standard InChI is InChI=1S/C15H16ClNO/c1-11-6-7-15(18-2)13(9-11)14(16)10-12-5-3-4-8-17-12/h3-9,14H,10H2,1-2H3. The van der Waals surface area contributed by atoms with E-state index in [9.17, 15) is 0 Å². The monoisotopic (exact) mass is 261 g/mol. The molecule has 0 aliphatic rings. The summed E-state index contributed by atoms with van der Waals surface area (Å²) in [5.41, 5.74) is 3.18. The quantitative estimate of drug-likeness (QED) is 0.779. The van der Waals surface area contributed by atoms with Gasteiger partial charge in [-0.3, -0.25) is 4.98 Å². The second-order valence-corrected chi connectivity index (χ2v) is 4.76. The van der Waals surface area contributed by atoms with Gasteiger partial charge in [-0.2, -0.15) is 0 Å². The first-order valence-corrected chi connectivity index (χ1v) is 6.33. The van der Waals surface area contributed by atoms with Crippen molar-refractivity contribution in [3.05, 3.63) is 59.4 Å². The maximum atomic E-state index is 6.48. The number of alkyl halides is 1. The number of aromatic nitrogens is 1. The summed E-state index contributed by atoms with van der Waals surface area (Å²) in [6.45, 7) is 2.05. The van der Waals surface area contributed by atoms with Crippen molar-refractivity contribution in [2.45, 2.75) is 18.7 Å². The largest absolute Gasteiger partial charge is 0.496 e. The smallest absolute Gasteiger partial charge is 0.123 e.